The van der Waals surface area contributed by atoms with Crippen molar-refractivity contribution >= 4 is 0 Å². The van der Waals surface area contributed by atoms with Gasteiger partial charge in [-0.05, 0) is 57.4 Å². The summed E-state index contributed by atoms with van der Waals surface area (Å²) in [6, 6.07) is 8.86. The fourth-order valence-corrected chi connectivity index (χ4v) is 2.47. The van der Waals surface area contributed by atoms with Crippen LogP contribution in [0.4, 0.5) is 0 Å². The molecular weight excluding hydrogens is 222 g/mol. The molecule has 1 rings (SSSR count). The van der Waals surface area contributed by atoms with Crippen LogP contribution >= 0.6 is 0 Å². The Kier molecular flexibility index (Phi) is 6.20. The Labute approximate surface area is 112 Å². The predicted molar refractivity (Wildman–Crippen MR) is 78.0 cm³/mol. The molecule has 0 saturated heterocycles. The van der Waals surface area contributed by atoms with Gasteiger partial charge >= 0.3 is 0 Å². The van der Waals surface area contributed by atoms with Crippen molar-refractivity contribution in [3.05, 3.63) is 29.8 Å². The molecule has 18 heavy (non-hydrogen) atoms. The summed E-state index contributed by atoms with van der Waals surface area (Å²) < 4.78 is 0. The molecule has 0 aliphatic rings. The van der Waals surface area contributed by atoms with Crippen molar-refractivity contribution in [2.24, 2.45) is 0 Å². The van der Waals surface area contributed by atoms with Crippen LogP contribution in [-0.2, 0) is 6.42 Å². The second-order valence-corrected chi connectivity index (χ2v) is 5.19. The van der Waals surface area contributed by atoms with Crippen LogP contribution in [0.3, 0.4) is 0 Å². The zero-order valence-electron chi connectivity index (χ0n) is 12.2. The fraction of sp³-hybridized carbons (Fsp3) is 0.625. The number of hydrogen-bond acceptors (Lipinski definition) is 2. The molecule has 0 fully saturated rings. The highest BCUT2D eigenvalue weighted by atomic mass is 16.3. The fourth-order valence-electron chi connectivity index (χ4n) is 2.47. The topological polar surface area (TPSA) is 23.5 Å². The lowest BCUT2D eigenvalue weighted by molar-refractivity contribution is 0.167. The summed E-state index contributed by atoms with van der Waals surface area (Å²) >= 11 is 0. The van der Waals surface area contributed by atoms with Gasteiger partial charge in [0.25, 0.3) is 0 Å². The highest BCUT2D eigenvalue weighted by molar-refractivity contribution is 5.25. The number of aromatic hydroxyl groups is 1. The standard InChI is InChI=1S/C16H27NO/c1-5-15(6-2)17(4)13(3)7-8-14-9-11-16(18)12-10-14/h9-13,15,18H,5-8H2,1-4H3. The van der Waals surface area contributed by atoms with E-state index in [0.717, 1.165) is 12.8 Å². The van der Waals surface area contributed by atoms with Crippen LogP contribution < -0.4 is 0 Å². The van der Waals surface area contributed by atoms with Crippen LogP contribution in [0.5, 0.6) is 5.75 Å². The maximum absolute atomic E-state index is 9.25. The number of hydrogen-bond donors (Lipinski definition) is 1. The van der Waals surface area contributed by atoms with Crippen molar-refractivity contribution in [2.75, 3.05) is 7.05 Å². The van der Waals surface area contributed by atoms with Crippen LogP contribution in [-0.4, -0.2) is 29.1 Å². The average molecular weight is 249 g/mol. The van der Waals surface area contributed by atoms with E-state index in [1.807, 2.05) is 12.1 Å². The van der Waals surface area contributed by atoms with E-state index in [9.17, 15) is 5.11 Å². The lowest BCUT2D eigenvalue weighted by atomic mass is 10.0. The average Bonchev–Trinajstić information content (AvgIpc) is 2.39. The molecule has 1 aromatic carbocycles. The molecule has 1 aromatic rings. The first-order chi connectivity index (χ1) is 8.58. The Morgan fingerprint density at radius 3 is 2.17 bits per heavy atom. The normalized spacial score (nSPS) is 13.2. The Morgan fingerprint density at radius 2 is 1.67 bits per heavy atom. The van der Waals surface area contributed by atoms with Gasteiger partial charge in [0, 0.05) is 12.1 Å². The molecule has 0 aromatic heterocycles. The lowest BCUT2D eigenvalue weighted by Gasteiger charge is -2.32. The Balaban J connectivity index is 2.45. The number of rotatable bonds is 7. The molecule has 0 aliphatic carbocycles. The minimum Gasteiger partial charge on any atom is -0.508 e. The van der Waals surface area contributed by atoms with E-state index in [0.29, 0.717) is 17.8 Å². The van der Waals surface area contributed by atoms with Crippen LogP contribution in [0.15, 0.2) is 24.3 Å². The summed E-state index contributed by atoms with van der Waals surface area (Å²) in [5, 5.41) is 9.25. The van der Waals surface area contributed by atoms with Gasteiger partial charge < -0.3 is 10.0 Å². The number of phenolic OH excluding ortho intramolecular Hbond substituents is 1. The molecular formula is C16H27NO. The zero-order chi connectivity index (χ0) is 13.5. The number of nitrogens with zero attached hydrogens (tertiary/aromatic N) is 1. The van der Waals surface area contributed by atoms with Gasteiger partial charge in [-0.3, -0.25) is 0 Å². The maximum atomic E-state index is 9.25. The van der Waals surface area contributed by atoms with Gasteiger partial charge in [-0.2, -0.15) is 0 Å². The predicted octanol–water partition coefficient (Wildman–Crippen LogP) is 3.83. The van der Waals surface area contributed by atoms with Crippen LogP contribution in [0.1, 0.15) is 45.6 Å². The van der Waals surface area contributed by atoms with Gasteiger partial charge in [0.05, 0.1) is 0 Å². The third-order valence-electron chi connectivity index (χ3n) is 4.00. The Hall–Kier alpha value is -1.02. The van der Waals surface area contributed by atoms with Gasteiger partial charge in [-0.15, -0.1) is 0 Å². The first-order valence-electron chi connectivity index (χ1n) is 7.08. The van der Waals surface area contributed by atoms with Crippen molar-refractivity contribution in [3.63, 3.8) is 0 Å². The minimum atomic E-state index is 0.348. The van der Waals surface area contributed by atoms with Gasteiger partial charge in [-0.1, -0.05) is 26.0 Å². The van der Waals surface area contributed by atoms with E-state index in [-0.39, 0.29) is 0 Å². The molecule has 0 saturated carbocycles. The molecule has 102 valence electrons. The summed E-state index contributed by atoms with van der Waals surface area (Å²) in [6.45, 7) is 6.83. The first-order valence-corrected chi connectivity index (χ1v) is 7.08. The SMILES string of the molecule is CCC(CC)N(C)C(C)CCc1ccc(O)cc1. The van der Waals surface area contributed by atoms with E-state index in [1.165, 1.54) is 18.4 Å². The zero-order valence-corrected chi connectivity index (χ0v) is 12.2. The Bertz CT molecular complexity index is 329. The summed E-state index contributed by atoms with van der Waals surface area (Å²) in [4.78, 5) is 2.50. The second kappa shape index (κ2) is 7.42. The number of phenols is 1. The molecule has 0 aliphatic heterocycles. The van der Waals surface area contributed by atoms with Crippen molar-refractivity contribution < 1.29 is 5.11 Å². The van der Waals surface area contributed by atoms with E-state index in [1.54, 1.807) is 12.1 Å². The van der Waals surface area contributed by atoms with Gasteiger partial charge in [0.15, 0.2) is 0 Å². The smallest absolute Gasteiger partial charge is 0.115 e. The molecule has 0 amide bonds. The Morgan fingerprint density at radius 1 is 1.11 bits per heavy atom. The highest BCUT2D eigenvalue weighted by Crippen LogP contribution is 2.16. The molecule has 2 nitrogen and oxygen atoms in total. The second-order valence-electron chi connectivity index (χ2n) is 5.19. The van der Waals surface area contributed by atoms with E-state index in [4.69, 9.17) is 0 Å². The van der Waals surface area contributed by atoms with Crippen LogP contribution in [0.2, 0.25) is 0 Å². The van der Waals surface area contributed by atoms with Crippen molar-refractivity contribution in [1.82, 2.24) is 4.90 Å². The molecule has 1 N–H and O–H groups in total. The van der Waals surface area contributed by atoms with Crippen molar-refractivity contribution in [1.29, 1.82) is 0 Å². The maximum Gasteiger partial charge on any atom is 0.115 e. The summed E-state index contributed by atoms with van der Waals surface area (Å²) in [5.74, 6) is 0.348. The lowest BCUT2D eigenvalue weighted by Crippen LogP contribution is -2.38. The quantitative estimate of drug-likeness (QED) is 0.793. The number of benzene rings is 1. The van der Waals surface area contributed by atoms with Crippen LogP contribution in [0, 0.1) is 0 Å². The molecule has 0 heterocycles. The summed E-state index contributed by atoms with van der Waals surface area (Å²) in [5.41, 5.74) is 1.30. The van der Waals surface area contributed by atoms with E-state index < -0.39 is 0 Å². The largest absolute Gasteiger partial charge is 0.508 e. The van der Waals surface area contributed by atoms with Crippen LogP contribution in [0.25, 0.3) is 0 Å². The van der Waals surface area contributed by atoms with E-state index >= 15 is 0 Å². The molecule has 1 unspecified atom stereocenters. The van der Waals surface area contributed by atoms with E-state index in [2.05, 4.69) is 32.7 Å². The molecule has 0 bridgehead atoms. The molecule has 2 heteroatoms. The molecule has 1 atom stereocenters. The van der Waals surface area contributed by atoms with Gasteiger partial charge in [0.2, 0.25) is 0 Å². The third-order valence-corrected chi connectivity index (χ3v) is 4.00. The molecule has 0 radical (unpaired) electrons. The van der Waals surface area contributed by atoms with Crippen molar-refractivity contribution in [3.8, 4) is 5.75 Å². The monoisotopic (exact) mass is 249 g/mol. The highest BCUT2D eigenvalue weighted by Gasteiger charge is 2.16. The first kappa shape index (κ1) is 15.0. The minimum absolute atomic E-state index is 0.348. The van der Waals surface area contributed by atoms with Gasteiger partial charge in [-0.25, -0.2) is 0 Å². The third kappa shape index (κ3) is 4.34. The van der Waals surface area contributed by atoms with Gasteiger partial charge in [0.1, 0.15) is 5.75 Å². The number of aryl methyl sites for hydroxylation is 1. The summed E-state index contributed by atoms with van der Waals surface area (Å²) in [6.07, 6.45) is 4.68. The molecule has 0 spiro atoms. The van der Waals surface area contributed by atoms with Crippen molar-refractivity contribution in [2.45, 2.75) is 58.5 Å². The summed E-state index contributed by atoms with van der Waals surface area (Å²) in [7, 11) is 2.24.